The third kappa shape index (κ3) is 1.95. The summed E-state index contributed by atoms with van der Waals surface area (Å²) in [7, 11) is 0. The van der Waals surface area contributed by atoms with Crippen LogP contribution in [0.3, 0.4) is 0 Å². The fraction of sp³-hybridized carbons (Fsp3) is 0.600. The maximum atomic E-state index is 3.94. The molecule has 0 saturated heterocycles. The summed E-state index contributed by atoms with van der Waals surface area (Å²) in [4.78, 5) is 0. The number of rotatable bonds is 3. The Hall–Kier alpha value is -0.780. The van der Waals surface area contributed by atoms with E-state index < -0.39 is 0 Å². The van der Waals surface area contributed by atoms with Crippen LogP contribution in [0.25, 0.3) is 0 Å². The Morgan fingerprint density at radius 1 is 1.47 bits per heavy atom. The molecule has 0 heteroatoms. The molecular formula is C15H22. The minimum absolute atomic E-state index is 0.601. The van der Waals surface area contributed by atoms with E-state index >= 15 is 0 Å². The van der Waals surface area contributed by atoms with E-state index in [1.807, 2.05) is 0 Å². The minimum atomic E-state index is 0.601. The molecule has 2 aliphatic rings. The van der Waals surface area contributed by atoms with Gasteiger partial charge in [0.15, 0.2) is 0 Å². The molecule has 0 aliphatic heterocycles. The van der Waals surface area contributed by atoms with Crippen LogP contribution in [-0.4, -0.2) is 0 Å². The molecule has 1 fully saturated rings. The van der Waals surface area contributed by atoms with Crippen molar-refractivity contribution in [1.29, 1.82) is 0 Å². The number of hydrogen-bond donors (Lipinski definition) is 0. The highest BCUT2D eigenvalue weighted by Gasteiger charge is 2.26. The van der Waals surface area contributed by atoms with Crippen molar-refractivity contribution in [3.63, 3.8) is 0 Å². The average Bonchev–Trinajstić information content (AvgIpc) is 2.16. The maximum Gasteiger partial charge on any atom is 0.00119 e. The van der Waals surface area contributed by atoms with Crippen molar-refractivity contribution in [3.8, 4) is 0 Å². The lowest BCUT2D eigenvalue weighted by Crippen LogP contribution is -2.18. The molecule has 0 aromatic carbocycles. The topological polar surface area (TPSA) is 0 Å². The fourth-order valence-electron chi connectivity index (χ4n) is 2.74. The summed E-state index contributed by atoms with van der Waals surface area (Å²) in [5.74, 6) is 1.49. The molecule has 2 rings (SSSR count). The molecule has 0 nitrogen and oxygen atoms in total. The summed E-state index contributed by atoms with van der Waals surface area (Å²) in [5, 5.41) is 0. The second-order valence-corrected chi connectivity index (χ2v) is 4.97. The Bertz CT molecular complexity index is 313. The first-order chi connectivity index (χ1) is 7.26. The molecule has 82 valence electrons. The van der Waals surface area contributed by atoms with Crippen LogP contribution in [0.2, 0.25) is 0 Å². The highest BCUT2D eigenvalue weighted by molar-refractivity contribution is 5.38. The van der Waals surface area contributed by atoms with Gasteiger partial charge in [-0.3, -0.25) is 0 Å². The van der Waals surface area contributed by atoms with Crippen molar-refractivity contribution in [2.75, 3.05) is 0 Å². The van der Waals surface area contributed by atoms with Gasteiger partial charge in [-0.25, -0.2) is 0 Å². The van der Waals surface area contributed by atoms with Gasteiger partial charge < -0.3 is 0 Å². The molecule has 0 amide bonds. The maximum absolute atomic E-state index is 3.94. The Kier molecular flexibility index (Phi) is 3.14. The van der Waals surface area contributed by atoms with Gasteiger partial charge in [0.2, 0.25) is 0 Å². The van der Waals surface area contributed by atoms with E-state index in [4.69, 9.17) is 0 Å². The van der Waals surface area contributed by atoms with Crippen LogP contribution < -0.4 is 0 Å². The zero-order chi connectivity index (χ0) is 10.8. The van der Waals surface area contributed by atoms with Crippen LogP contribution >= 0.6 is 0 Å². The summed E-state index contributed by atoms with van der Waals surface area (Å²) in [6, 6.07) is 0. The van der Waals surface area contributed by atoms with Crippen molar-refractivity contribution >= 4 is 0 Å². The second-order valence-electron chi connectivity index (χ2n) is 4.97. The number of hydrogen-bond acceptors (Lipinski definition) is 0. The summed E-state index contributed by atoms with van der Waals surface area (Å²) in [5.41, 5.74) is 4.89. The van der Waals surface area contributed by atoms with Crippen molar-refractivity contribution in [3.05, 3.63) is 35.5 Å². The van der Waals surface area contributed by atoms with E-state index in [0.717, 1.165) is 5.92 Å². The predicted molar refractivity (Wildman–Crippen MR) is 66.7 cm³/mol. The Balaban J connectivity index is 2.25. The van der Waals surface area contributed by atoms with Crippen LogP contribution in [0.4, 0.5) is 0 Å². The van der Waals surface area contributed by atoms with Crippen molar-refractivity contribution < 1.29 is 0 Å². The SMILES string of the molecule is C=CC1CC(CC)=C(C2CCC2)C=C1C. The van der Waals surface area contributed by atoms with Crippen LogP contribution in [-0.2, 0) is 0 Å². The summed E-state index contributed by atoms with van der Waals surface area (Å²) >= 11 is 0. The molecule has 2 aliphatic carbocycles. The van der Waals surface area contributed by atoms with Crippen molar-refractivity contribution in [2.45, 2.75) is 46.0 Å². The van der Waals surface area contributed by atoms with E-state index in [2.05, 4.69) is 32.6 Å². The highest BCUT2D eigenvalue weighted by atomic mass is 14.3. The zero-order valence-electron chi connectivity index (χ0n) is 10.1. The molecular weight excluding hydrogens is 180 g/mol. The Morgan fingerprint density at radius 3 is 2.67 bits per heavy atom. The first kappa shape index (κ1) is 10.7. The molecule has 1 saturated carbocycles. The molecule has 0 heterocycles. The third-order valence-electron chi connectivity index (χ3n) is 4.10. The molecule has 1 atom stereocenters. The van der Waals surface area contributed by atoms with E-state index in [1.165, 1.54) is 37.7 Å². The third-order valence-corrected chi connectivity index (χ3v) is 4.10. The van der Waals surface area contributed by atoms with Gasteiger partial charge in [-0.2, -0.15) is 0 Å². The molecule has 0 bridgehead atoms. The lowest BCUT2D eigenvalue weighted by Gasteiger charge is -2.33. The molecule has 0 N–H and O–H groups in total. The van der Waals surface area contributed by atoms with Crippen LogP contribution in [0, 0.1) is 11.8 Å². The van der Waals surface area contributed by atoms with Crippen LogP contribution in [0.5, 0.6) is 0 Å². The summed E-state index contributed by atoms with van der Waals surface area (Å²) in [6.07, 6.45) is 11.3. The van der Waals surface area contributed by atoms with Gasteiger partial charge in [-0.15, -0.1) is 6.58 Å². The monoisotopic (exact) mass is 202 g/mol. The predicted octanol–water partition coefficient (Wildman–Crippen LogP) is 4.65. The van der Waals surface area contributed by atoms with Gasteiger partial charge in [-0.05, 0) is 44.1 Å². The average molecular weight is 202 g/mol. The normalized spacial score (nSPS) is 27.3. The molecule has 0 aromatic heterocycles. The standard InChI is InChI=1S/C15H22/c1-4-12-10-13(5-2)15(9-11(12)3)14-7-6-8-14/h4,9,12,14H,1,5-8,10H2,2-3H3. The Morgan fingerprint density at radius 2 is 2.20 bits per heavy atom. The molecule has 0 radical (unpaired) electrons. The fourth-order valence-corrected chi connectivity index (χ4v) is 2.74. The van der Waals surface area contributed by atoms with Crippen LogP contribution in [0.1, 0.15) is 46.0 Å². The van der Waals surface area contributed by atoms with Crippen LogP contribution in [0.15, 0.2) is 35.5 Å². The second kappa shape index (κ2) is 4.38. The lowest BCUT2D eigenvalue weighted by molar-refractivity contribution is 0.367. The smallest absolute Gasteiger partial charge is 0.00119 e. The first-order valence-electron chi connectivity index (χ1n) is 6.29. The van der Waals surface area contributed by atoms with Gasteiger partial charge in [0.25, 0.3) is 0 Å². The Labute approximate surface area is 93.8 Å². The quantitative estimate of drug-likeness (QED) is 0.585. The molecule has 0 spiro atoms. The lowest BCUT2D eigenvalue weighted by atomic mass is 9.72. The molecule has 0 aromatic rings. The van der Waals surface area contributed by atoms with Gasteiger partial charge in [-0.1, -0.05) is 36.6 Å². The highest BCUT2D eigenvalue weighted by Crippen LogP contribution is 2.41. The van der Waals surface area contributed by atoms with Crippen molar-refractivity contribution in [1.82, 2.24) is 0 Å². The molecule has 15 heavy (non-hydrogen) atoms. The minimum Gasteiger partial charge on any atom is -0.102 e. The van der Waals surface area contributed by atoms with E-state index in [-0.39, 0.29) is 0 Å². The van der Waals surface area contributed by atoms with E-state index in [1.54, 1.807) is 11.1 Å². The summed E-state index contributed by atoms with van der Waals surface area (Å²) in [6.45, 7) is 8.50. The molecule has 1 unspecified atom stereocenters. The summed E-state index contributed by atoms with van der Waals surface area (Å²) < 4.78 is 0. The zero-order valence-corrected chi connectivity index (χ0v) is 10.1. The van der Waals surface area contributed by atoms with Gasteiger partial charge in [0, 0.05) is 5.92 Å². The van der Waals surface area contributed by atoms with Gasteiger partial charge in [0.05, 0.1) is 0 Å². The largest absolute Gasteiger partial charge is 0.102 e. The van der Waals surface area contributed by atoms with Crippen molar-refractivity contribution in [2.24, 2.45) is 11.8 Å². The van der Waals surface area contributed by atoms with Gasteiger partial charge >= 0.3 is 0 Å². The van der Waals surface area contributed by atoms with E-state index in [0.29, 0.717) is 5.92 Å². The first-order valence-corrected chi connectivity index (χ1v) is 6.29. The van der Waals surface area contributed by atoms with E-state index in [9.17, 15) is 0 Å². The van der Waals surface area contributed by atoms with Gasteiger partial charge in [0.1, 0.15) is 0 Å². The number of allylic oxidation sites excluding steroid dienone is 5.